The van der Waals surface area contributed by atoms with E-state index >= 15 is 0 Å². The summed E-state index contributed by atoms with van der Waals surface area (Å²) in [5.41, 5.74) is 0. The van der Waals surface area contributed by atoms with E-state index in [1.54, 1.807) is 0 Å². The Hall–Kier alpha value is -1.33. The Balaban J connectivity index is 1.56. The fraction of sp³-hybridized carbons (Fsp3) is 0.471. The lowest BCUT2D eigenvalue weighted by atomic mass is 9.99. The summed E-state index contributed by atoms with van der Waals surface area (Å²) in [7, 11) is -3.83. The predicted molar refractivity (Wildman–Crippen MR) is 113 cm³/mol. The Kier molecular flexibility index (Phi) is 7.44. The third kappa shape index (κ3) is 5.64. The molecule has 0 spiro atoms. The van der Waals surface area contributed by atoms with Crippen LogP contribution >= 0.6 is 35.0 Å². The molecule has 0 bridgehead atoms. The fourth-order valence-electron chi connectivity index (χ4n) is 3.04. The number of rotatable bonds is 7. The SMILES string of the molecule is Cc1nc(SCCNC(=O)[C@@H]2CCCN(S(=O)(=O)c3cc(Cl)ccc3Cl)C2)n[nH]1. The second-order valence-electron chi connectivity index (χ2n) is 6.62. The molecule has 0 unspecified atom stereocenters. The lowest BCUT2D eigenvalue weighted by Crippen LogP contribution is -2.45. The van der Waals surface area contributed by atoms with Crippen molar-refractivity contribution in [2.75, 3.05) is 25.4 Å². The number of carbonyl (C=O) groups excluding carboxylic acids is 1. The fourth-order valence-corrected chi connectivity index (χ4v) is 6.00. The highest BCUT2D eigenvalue weighted by molar-refractivity contribution is 7.99. The lowest BCUT2D eigenvalue weighted by Gasteiger charge is -2.31. The smallest absolute Gasteiger partial charge is 0.244 e. The van der Waals surface area contributed by atoms with E-state index in [1.807, 2.05) is 6.92 Å². The molecule has 12 heteroatoms. The van der Waals surface area contributed by atoms with Gasteiger partial charge in [-0.05, 0) is 38.0 Å². The number of halogens is 2. The van der Waals surface area contributed by atoms with Gasteiger partial charge in [-0.2, -0.15) is 4.31 Å². The van der Waals surface area contributed by atoms with Gasteiger partial charge in [-0.25, -0.2) is 13.4 Å². The van der Waals surface area contributed by atoms with Gasteiger partial charge in [0.05, 0.1) is 10.9 Å². The second kappa shape index (κ2) is 9.65. The van der Waals surface area contributed by atoms with E-state index in [1.165, 1.54) is 34.3 Å². The van der Waals surface area contributed by atoms with Crippen molar-refractivity contribution in [1.29, 1.82) is 0 Å². The van der Waals surface area contributed by atoms with E-state index in [9.17, 15) is 13.2 Å². The molecule has 1 saturated heterocycles. The summed E-state index contributed by atoms with van der Waals surface area (Å²) < 4.78 is 27.3. The number of aromatic nitrogens is 3. The van der Waals surface area contributed by atoms with Crippen LogP contribution in [0, 0.1) is 12.8 Å². The molecule has 29 heavy (non-hydrogen) atoms. The average Bonchev–Trinajstić information content (AvgIpc) is 3.12. The normalized spacial score (nSPS) is 18.0. The highest BCUT2D eigenvalue weighted by Gasteiger charge is 2.34. The molecular formula is C17H21Cl2N5O3S2. The van der Waals surface area contributed by atoms with Crippen molar-refractivity contribution in [2.45, 2.75) is 29.8 Å². The first-order chi connectivity index (χ1) is 13.8. The summed E-state index contributed by atoms with van der Waals surface area (Å²) in [6, 6.07) is 4.33. The van der Waals surface area contributed by atoms with Gasteiger partial charge < -0.3 is 5.32 Å². The summed E-state index contributed by atoms with van der Waals surface area (Å²) in [5, 5.41) is 10.7. The molecule has 8 nitrogen and oxygen atoms in total. The first-order valence-corrected chi connectivity index (χ1v) is 12.2. The van der Waals surface area contributed by atoms with Gasteiger partial charge in [-0.1, -0.05) is 35.0 Å². The largest absolute Gasteiger partial charge is 0.355 e. The molecule has 0 radical (unpaired) electrons. The van der Waals surface area contributed by atoms with Gasteiger partial charge in [0.2, 0.25) is 21.1 Å². The number of thioether (sulfide) groups is 1. The number of hydrogen-bond donors (Lipinski definition) is 2. The van der Waals surface area contributed by atoms with Crippen LogP contribution in [0.15, 0.2) is 28.3 Å². The molecule has 1 aliphatic rings. The summed E-state index contributed by atoms with van der Waals surface area (Å²) >= 11 is 13.4. The molecule has 2 aromatic rings. The summed E-state index contributed by atoms with van der Waals surface area (Å²) in [5.74, 6) is 0.788. The molecule has 1 atom stereocenters. The van der Waals surface area contributed by atoms with Crippen molar-refractivity contribution in [1.82, 2.24) is 24.8 Å². The van der Waals surface area contributed by atoms with Crippen LogP contribution in [-0.4, -0.2) is 59.2 Å². The van der Waals surface area contributed by atoms with Crippen molar-refractivity contribution >= 4 is 50.9 Å². The molecule has 1 aromatic heterocycles. The number of hydrogen-bond acceptors (Lipinski definition) is 6. The minimum absolute atomic E-state index is 0.0362. The quantitative estimate of drug-likeness (QED) is 0.468. The Morgan fingerprint density at radius 3 is 2.93 bits per heavy atom. The number of aromatic amines is 1. The zero-order valence-electron chi connectivity index (χ0n) is 15.7. The van der Waals surface area contributed by atoms with Crippen molar-refractivity contribution in [3.05, 3.63) is 34.1 Å². The molecule has 3 rings (SSSR count). The monoisotopic (exact) mass is 477 g/mol. The minimum Gasteiger partial charge on any atom is -0.355 e. The Morgan fingerprint density at radius 1 is 1.41 bits per heavy atom. The maximum Gasteiger partial charge on any atom is 0.244 e. The van der Waals surface area contributed by atoms with E-state index < -0.39 is 15.9 Å². The van der Waals surface area contributed by atoms with Gasteiger partial charge in [-0.3, -0.25) is 9.89 Å². The van der Waals surface area contributed by atoms with Gasteiger partial charge in [0.15, 0.2) is 0 Å². The second-order valence-corrected chi connectivity index (χ2v) is 10.4. The van der Waals surface area contributed by atoms with Gasteiger partial charge in [0.25, 0.3) is 0 Å². The summed E-state index contributed by atoms with van der Waals surface area (Å²) in [4.78, 5) is 16.7. The van der Waals surface area contributed by atoms with Crippen LogP contribution in [-0.2, 0) is 14.8 Å². The number of H-pyrrole nitrogens is 1. The number of nitrogens with zero attached hydrogens (tertiary/aromatic N) is 3. The number of amides is 1. The molecule has 2 N–H and O–H groups in total. The van der Waals surface area contributed by atoms with Gasteiger partial charge in [-0.15, -0.1) is 5.10 Å². The van der Waals surface area contributed by atoms with Crippen LogP contribution < -0.4 is 5.32 Å². The number of benzene rings is 1. The standard InChI is InChI=1S/C17H21Cl2N5O3S2/c1-11-21-17(23-22-11)28-8-6-20-16(25)12-3-2-7-24(10-12)29(26,27)15-9-13(18)4-5-14(15)19/h4-5,9,12H,2-3,6-8,10H2,1H3,(H,20,25)(H,21,22,23)/t12-/m1/s1. The molecule has 1 amide bonds. The lowest BCUT2D eigenvalue weighted by molar-refractivity contribution is -0.125. The molecule has 158 valence electrons. The zero-order valence-corrected chi connectivity index (χ0v) is 18.8. The van der Waals surface area contributed by atoms with E-state index in [0.29, 0.717) is 41.9 Å². The zero-order chi connectivity index (χ0) is 21.0. The van der Waals surface area contributed by atoms with Gasteiger partial charge in [0, 0.05) is 30.4 Å². The molecule has 0 saturated carbocycles. The maximum absolute atomic E-state index is 13.0. The first kappa shape index (κ1) is 22.4. The number of sulfonamides is 1. The topological polar surface area (TPSA) is 108 Å². The minimum atomic E-state index is -3.83. The predicted octanol–water partition coefficient (Wildman–Crippen LogP) is 2.73. The third-order valence-electron chi connectivity index (χ3n) is 4.48. The number of piperidine rings is 1. The van der Waals surface area contributed by atoms with E-state index in [4.69, 9.17) is 23.2 Å². The Labute approximate surface area is 183 Å². The first-order valence-electron chi connectivity index (χ1n) is 9.02. The van der Waals surface area contributed by atoms with E-state index in [2.05, 4.69) is 20.5 Å². The molecule has 1 aliphatic heterocycles. The molecule has 1 aromatic carbocycles. The molecule has 2 heterocycles. The van der Waals surface area contributed by atoms with Crippen molar-refractivity contribution in [2.24, 2.45) is 5.92 Å². The van der Waals surface area contributed by atoms with Crippen molar-refractivity contribution in [3.8, 4) is 0 Å². The number of carbonyl (C=O) groups is 1. The van der Waals surface area contributed by atoms with Crippen LogP contribution in [0.1, 0.15) is 18.7 Å². The van der Waals surface area contributed by atoms with E-state index in [0.717, 1.165) is 5.82 Å². The number of nitrogens with one attached hydrogen (secondary N) is 2. The van der Waals surface area contributed by atoms with E-state index in [-0.39, 0.29) is 22.4 Å². The van der Waals surface area contributed by atoms with Crippen LogP contribution in [0.3, 0.4) is 0 Å². The maximum atomic E-state index is 13.0. The highest BCUT2D eigenvalue weighted by Crippen LogP contribution is 2.30. The van der Waals surface area contributed by atoms with Crippen LogP contribution in [0.2, 0.25) is 10.0 Å². The molecule has 0 aliphatic carbocycles. The van der Waals surface area contributed by atoms with Crippen molar-refractivity contribution in [3.63, 3.8) is 0 Å². The molecular weight excluding hydrogens is 457 g/mol. The van der Waals surface area contributed by atoms with Crippen LogP contribution in [0.5, 0.6) is 0 Å². The third-order valence-corrected chi connectivity index (χ3v) is 7.91. The van der Waals surface area contributed by atoms with Gasteiger partial charge in [0.1, 0.15) is 10.7 Å². The Morgan fingerprint density at radius 2 is 2.21 bits per heavy atom. The van der Waals surface area contributed by atoms with Gasteiger partial charge >= 0.3 is 0 Å². The summed E-state index contributed by atoms with van der Waals surface area (Å²) in [6.07, 6.45) is 1.23. The average molecular weight is 478 g/mol. The summed E-state index contributed by atoms with van der Waals surface area (Å²) in [6.45, 7) is 2.72. The Bertz CT molecular complexity index is 983. The molecule has 1 fully saturated rings. The number of aryl methyl sites for hydroxylation is 1. The van der Waals surface area contributed by atoms with Crippen LogP contribution in [0.4, 0.5) is 0 Å². The van der Waals surface area contributed by atoms with Crippen molar-refractivity contribution < 1.29 is 13.2 Å². The van der Waals surface area contributed by atoms with Crippen LogP contribution in [0.25, 0.3) is 0 Å². The highest BCUT2D eigenvalue weighted by atomic mass is 35.5.